The van der Waals surface area contributed by atoms with Gasteiger partial charge in [-0.2, -0.15) is 0 Å². The number of ether oxygens (including phenoxy) is 1. The van der Waals surface area contributed by atoms with Gasteiger partial charge in [-0.15, -0.1) is 0 Å². The van der Waals surface area contributed by atoms with Crippen LogP contribution in [0.4, 0.5) is 16.2 Å². The predicted molar refractivity (Wildman–Crippen MR) is 95.8 cm³/mol. The van der Waals surface area contributed by atoms with E-state index in [9.17, 15) is 14.9 Å². The molecule has 8 heteroatoms. The largest absolute Gasteiger partial charge is 0.441 e. The first kappa shape index (κ1) is 17.8. The lowest BCUT2D eigenvalue weighted by Crippen LogP contribution is -2.33. The van der Waals surface area contributed by atoms with Gasteiger partial charge >= 0.3 is 6.09 Å². The summed E-state index contributed by atoms with van der Waals surface area (Å²) >= 11 is 0. The quantitative estimate of drug-likeness (QED) is 0.629. The van der Waals surface area contributed by atoms with Crippen molar-refractivity contribution in [2.24, 2.45) is 5.92 Å². The van der Waals surface area contributed by atoms with Crippen LogP contribution in [0, 0.1) is 16.0 Å². The van der Waals surface area contributed by atoms with Crippen molar-refractivity contribution in [1.29, 1.82) is 0 Å². The van der Waals surface area contributed by atoms with Crippen LogP contribution in [0.15, 0.2) is 48.8 Å². The van der Waals surface area contributed by atoms with Gasteiger partial charge in [0.25, 0.3) is 5.69 Å². The fraction of sp³-hybridized carbons (Fsp3) is 0.333. The summed E-state index contributed by atoms with van der Waals surface area (Å²) in [6, 6.07) is 9.63. The molecule has 1 aromatic heterocycles. The van der Waals surface area contributed by atoms with Crippen LogP contribution < -0.4 is 10.6 Å². The first-order valence-corrected chi connectivity index (χ1v) is 8.47. The number of hydrogen-bond donors (Lipinski definition) is 2. The van der Waals surface area contributed by atoms with Crippen LogP contribution in [0.2, 0.25) is 0 Å². The molecular weight excluding hydrogens is 336 g/mol. The van der Waals surface area contributed by atoms with Crippen LogP contribution in [-0.4, -0.2) is 29.1 Å². The molecule has 0 spiro atoms. The number of nitrogens with one attached hydrogen (secondary N) is 2. The minimum Gasteiger partial charge on any atom is -0.441 e. The van der Waals surface area contributed by atoms with Gasteiger partial charge in [-0.3, -0.25) is 20.4 Å². The van der Waals surface area contributed by atoms with Crippen molar-refractivity contribution in [3.05, 3.63) is 64.5 Å². The lowest BCUT2D eigenvalue weighted by atomic mass is 9.88. The number of anilines is 1. The van der Waals surface area contributed by atoms with E-state index in [2.05, 4.69) is 15.6 Å². The Balaban J connectivity index is 1.76. The average molecular weight is 356 g/mol. The topological polar surface area (TPSA) is 106 Å². The number of benzene rings is 1. The number of carbonyl (C=O) groups is 1. The molecule has 3 rings (SSSR count). The van der Waals surface area contributed by atoms with Gasteiger partial charge < -0.3 is 10.1 Å². The van der Waals surface area contributed by atoms with Crippen molar-refractivity contribution in [3.8, 4) is 0 Å². The third kappa shape index (κ3) is 4.34. The highest BCUT2D eigenvalue weighted by molar-refractivity contribution is 5.87. The summed E-state index contributed by atoms with van der Waals surface area (Å²) in [4.78, 5) is 27.0. The fourth-order valence-electron chi connectivity index (χ4n) is 3.13. The Bertz CT molecular complexity index is 763. The predicted octanol–water partition coefficient (Wildman–Crippen LogP) is 3.28. The SMILES string of the molecule is O=C(Nc1ccccc1[N+](=O)[O-])OC(c1ccncc1)C1CCNCC1. The molecule has 2 aromatic rings. The molecule has 1 amide bonds. The summed E-state index contributed by atoms with van der Waals surface area (Å²) in [5, 5.41) is 16.9. The highest BCUT2D eigenvalue weighted by atomic mass is 16.6. The molecule has 1 aliphatic heterocycles. The Morgan fingerprint density at radius 1 is 1.23 bits per heavy atom. The normalized spacial score (nSPS) is 15.8. The van der Waals surface area contributed by atoms with E-state index in [1.54, 1.807) is 24.5 Å². The average Bonchev–Trinajstić information content (AvgIpc) is 2.68. The lowest BCUT2D eigenvalue weighted by Gasteiger charge is -2.30. The monoisotopic (exact) mass is 356 g/mol. The number of piperidine rings is 1. The number of amides is 1. The third-order valence-corrected chi connectivity index (χ3v) is 4.42. The number of aromatic nitrogens is 1. The molecule has 1 atom stereocenters. The number of rotatable bonds is 5. The summed E-state index contributed by atoms with van der Waals surface area (Å²) in [5.41, 5.74) is 0.803. The molecule has 1 fully saturated rings. The van der Waals surface area contributed by atoms with Crippen molar-refractivity contribution < 1.29 is 14.5 Å². The second-order valence-electron chi connectivity index (χ2n) is 6.09. The molecule has 1 saturated heterocycles. The Kier molecular flexibility index (Phi) is 5.75. The molecule has 2 heterocycles. The number of nitro groups is 1. The first-order chi connectivity index (χ1) is 12.6. The van der Waals surface area contributed by atoms with Crippen molar-refractivity contribution in [2.45, 2.75) is 18.9 Å². The van der Waals surface area contributed by atoms with Gasteiger partial charge in [0.1, 0.15) is 11.8 Å². The number of nitrogens with zero attached hydrogens (tertiary/aromatic N) is 2. The number of para-hydroxylation sites is 2. The van der Waals surface area contributed by atoms with Gasteiger partial charge in [0, 0.05) is 24.4 Å². The molecule has 0 radical (unpaired) electrons. The Morgan fingerprint density at radius 3 is 2.62 bits per heavy atom. The van der Waals surface area contributed by atoms with Crippen molar-refractivity contribution in [1.82, 2.24) is 10.3 Å². The molecule has 8 nitrogen and oxygen atoms in total. The third-order valence-electron chi connectivity index (χ3n) is 4.42. The Morgan fingerprint density at radius 2 is 1.92 bits per heavy atom. The van der Waals surface area contributed by atoms with Crippen LogP contribution >= 0.6 is 0 Å². The van der Waals surface area contributed by atoms with Gasteiger partial charge in [-0.05, 0) is 49.7 Å². The number of pyridine rings is 1. The van der Waals surface area contributed by atoms with Gasteiger partial charge in [0.2, 0.25) is 0 Å². The van der Waals surface area contributed by atoms with E-state index in [-0.39, 0.29) is 17.3 Å². The standard InChI is InChI=1S/C18H20N4O4/c23-18(21-15-3-1-2-4-16(15)22(24)25)26-17(13-5-9-19-10-6-13)14-7-11-20-12-8-14/h1-6,9-10,14,17,20H,7-8,11-12H2,(H,21,23). The molecule has 1 unspecified atom stereocenters. The number of hydrogen-bond acceptors (Lipinski definition) is 6. The van der Waals surface area contributed by atoms with Crippen molar-refractivity contribution >= 4 is 17.5 Å². The summed E-state index contributed by atoms with van der Waals surface area (Å²) in [5.74, 6) is 0.176. The van der Waals surface area contributed by atoms with E-state index in [0.29, 0.717) is 0 Å². The zero-order valence-corrected chi connectivity index (χ0v) is 14.1. The van der Waals surface area contributed by atoms with Crippen LogP contribution in [0.5, 0.6) is 0 Å². The molecule has 0 aliphatic carbocycles. The molecule has 1 aromatic carbocycles. The fourth-order valence-corrected chi connectivity index (χ4v) is 3.13. The van der Waals surface area contributed by atoms with Gasteiger partial charge in [0.05, 0.1) is 4.92 Å². The maximum atomic E-state index is 12.4. The van der Waals surface area contributed by atoms with Crippen LogP contribution in [-0.2, 0) is 4.74 Å². The van der Waals surface area contributed by atoms with Crippen molar-refractivity contribution in [3.63, 3.8) is 0 Å². The summed E-state index contributed by atoms with van der Waals surface area (Å²) < 4.78 is 5.69. The molecule has 1 aliphatic rings. The number of nitro benzene ring substituents is 1. The van der Waals surface area contributed by atoms with E-state index in [1.165, 1.54) is 12.1 Å². The second-order valence-corrected chi connectivity index (χ2v) is 6.09. The molecular formula is C18H20N4O4. The molecule has 0 saturated carbocycles. The van der Waals surface area contributed by atoms with Gasteiger partial charge in [-0.1, -0.05) is 12.1 Å². The molecule has 2 N–H and O–H groups in total. The lowest BCUT2D eigenvalue weighted by molar-refractivity contribution is -0.383. The van der Waals surface area contributed by atoms with E-state index >= 15 is 0 Å². The minimum absolute atomic E-state index is 0.112. The van der Waals surface area contributed by atoms with Gasteiger partial charge in [0.15, 0.2) is 0 Å². The smallest absolute Gasteiger partial charge is 0.412 e. The van der Waals surface area contributed by atoms with Crippen LogP contribution in [0.3, 0.4) is 0 Å². The van der Waals surface area contributed by atoms with Crippen LogP contribution in [0.25, 0.3) is 0 Å². The van der Waals surface area contributed by atoms with Gasteiger partial charge in [-0.25, -0.2) is 4.79 Å². The van der Waals surface area contributed by atoms with E-state index < -0.39 is 17.1 Å². The maximum absolute atomic E-state index is 12.4. The molecule has 136 valence electrons. The van der Waals surface area contributed by atoms with E-state index in [1.807, 2.05) is 12.1 Å². The molecule has 26 heavy (non-hydrogen) atoms. The summed E-state index contributed by atoms with van der Waals surface area (Å²) in [6.07, 6.45) is 3.94. The first-order valence-electron chi connectivity index (χ1n) is 8.47. The zero-order chi connectivity index (χ0) is 18.4. The maximum Gasteiger partial charge on any atom is 0.412 e. The summed E-state index contributed by atoms with van der Waals surface area (Å²) in [6.45, 7) is 1.72. The number of carbonyl (C=O) groups excluding carboxylic acids is 1. The van der Waals surface area contributed by atoms with E-state index in [0.717, 1.165) is 31.5 Å². The highest BCUT2D eigenvalue weighted by Gasteiger charge is 2.29. The van der Waals surface area contributed by atoms with Crippen LogP contribution in [0.1, 0.15) is 24.5 Å². The summed E-state index contributed by atoms with van der Waals surface area (Å²) in [7, 11) is 0. The van der Waals surface area contributed by atoms with Crippen molar-refractivity contribution in [2.75, 3.05) is 18.4 Å². The minimum atomic E-state index is -0.709. The highest BCUT2D eigenvalue weighted by Crippen LogP contribution is 2.33. The Labute approximate surface area is 150 Å². The zero-order valence-electron chi connectivity index (χ0n) is 14.1. The Hall–Kier alpha value is -3.00. The second kappa shape index (κ2) is 8.39. The molecule has 0 bridgehead atoms. The van der Waals surface area contributed by atoms with E-state index in [4.69, 9.17) is 4.74 Å².